The van der Waals surface area contributed by atoms with E-state index in [0.717, 1.165) is 11.3 Å². The van der Waals surface area contributed by atoms with Crippen molar-refractivity contribution in [1.29, 1.82) is 0 Å². The first-order chi connectivity index (χ1) is 11.7. The fourth-order valence-electron chi connectivity index (χ4n) is 3.64. The Morgan fingerprint density at radius 1 is 1.28 bits per heavy atom. The summed E-state index contributed by atoms with van der Waals surface area (Å²) in [6, 6.07) is 2.61. The zero-order valence-electron chi connectivity index (χ0n) is 13.8. The van der Waals surface area contributed by atoms with Gasteiger partial charge >= 0.3 is 5.97 Å². The molecule has 2 unspecified atom stereocenters. The highest BCUT2D eigenvalue weighted by molar-refractivity contribution is 7.97. The maximum absolute atomic E-state index is 12.9. The predicted octanol–water partition coefficient (Wildman–Crippen LogP) is 0.572. The van der Waals surface area contributed by atoms with Gasteiger partial charge in [0.2, 0.25) is 0 Å². The highest BCUT2D eigenvalue weighted by atomic mass is 32.2. The van der Waals surface area contributed by atoms with Crippen LogP contribution in [0.4, 0.5) is 0 Å². The van der Waals surface area contributed by atoms with E-state index in [1.54, 1.807) is 11.4 Å². The molecule has 2 aliphatic heterocycles. The molecule has 0 saturated carbocycles. The molecule has 1 aromatic heterocycles. The van der Waals surface area contributed by atoms with Crippen LogP contribution in [-0.4, -0.2) is 70.7 Å². The first kappa shape index (κ1) is 18.8. The summed E-state index contributed by atoms with van der Waals surface area (Å²) in [7, 11) is -5.75. The van der Waals surface area contributed by atoms with Crippen molar-refractivity contribution in [2.75, 3.05) is 31.7 Å². The Morgan fingerprint density at radius 3 is 2.52 bits per heavy atom. The lowest BCUT2D eigenvalue weighted by atomic mass is 9.95. The number of ether oxygens (including phenoxy) is 1. The van der Waals surface area contributed by atoms with Crippen LogP contribution in [0, 0.1) is 5.92 Å². The molecular weight excluding hydrogens is 386 g/mol. The van der Waals surface area contributed by atoms with E-state index in [2.05, 4.69) is 0 Å². The number of hydrogen-bond acceptors (Lipinski definition) is 8. The standard InChI is InChI=1S/C15H21NO6S3/c1-22-15(17)11-4-6-16(7-5-11)12-9-24(18,19)10-13(12)25(20,21)14-3-2-8-23-14/h2-3,8,11-13H,4-7,9-10H2,1H3. The Kier molecular flexibility index (Phi) is 5.25. The number of rotatable bonds is 4. The largest absolute Gasteiger partial charge is 0.469 e. The Morgan fingerprint density at radius 2 is 1.96 bits per heavy atom. The Bertz CT molecular complexity index is 823. The molecule has 7 nitrogen and oxygen atoms in total. The summed E-state index contributed by atoms with van der Waals surface area (Å²) in [4.78, 5) is 13.6. The highest BCUT2D eigenvalue weighted by Crippen LogP contribution is 2.33. The lowest BCUT2D eigenvalue weighted by molar-refractivity contribution is -0.147. The third-order valence-corrected chi connectivity index (χ3v) is 10.5. The molecule has 0 radical (unpaired) electrons. The van der Waals surface area contributed by atoms with Gasteiger partial charge in [-0.15, -0.1) is 11.3 Å². The molecule has 0 N–H and O–H groups in total. The van der Waals surface area contributed by atoms with Crippen LogP contribution in [-0.2, 0) is 29.2 Å². The van der Waals surface area contributed by atoms with E-state index in [-0.39, 0.29) is 27.6 Å². The molecule has 3 rings (SSSR count). The molecule has 0 aromatic carbocycles. The van der Waals surface area contributed by atoms with Crippen LogP contribution in [0.3, 0.4) is 0 Å². The van der Waals surface area contributed by atoms with Crippen molar-refractivity contribution in [3.05, 3.63) is 17.5 Å². The van der Waals surface area contributed by atoms with Crippen LogP contribution in [0.1, 0.15) is 12.8 Å². The number of methoxy groups -OCH3 is 1. The number of piperidine rings is 1. The van der Waals surface area contributed by atoms with Gasteiger partial charge in [-0.3, -0.25) is 9.69 Å². The molecular formula is C15H21NO6S3. The normalized spacial score (nSPS) is 28.0. The van der Waals surface area contributed by atoms with Crippen molar-refractivity contribution in [3.8, 4) is 0 Å². The minimum Gasteiger partial charge on any atom is -0.469 e. The zero-order chi connectivity index (χ0) is 18.2. The van der Waals surface area contributed by atoms with E-state index in [1.165, 1.54) is 13.2 Å². The quantitative estimate of drug-likeness (QED) is 0.673. The van der Waals surface area contributed by atoms with Gasteiger partial charge in [-0.1, -0.05) is 6.07 Å². The molecule has 0 amide bonds. The van der Waals surface area contributed by atoms with Crippen molar-refractivity contribution in [2.24, 2.45) is 5.92 Å². The summed E-state index contributed by atoms with van der Waals surface area (Å²) < 4.78 is 55.1. The maximum Gasteiger partial charge on any atom is 0.308 e. The van der Waals surface area contributed by atoms with E-state index in [1.807, 2.05) is 4.90 Å². The first-order valence-electron chi connectivity index (χ1n) is 8.04. The Balaban J connectivity index is 1.81. The number of carbonyl (C=O) groups is 1. The number of hydrogen-bond donors (Lipinski definition) is 0. The van der Waals surface area contributed by atoms with Crippen LogP contribution in [0.15, 0.2) is 21.7 Å². The summed E-state index contributed by atoms with van der Waals surface area (Å²) in [6.07, 6.45) is 1.10. The lowest BCUT2D eigenvalue weighted by Crippen LogP contribution is -2.50. The van der Waals surface area contributed by atoms with Gasteiger partial charge in [-0.25, -0.2) is 16.8 Å². The number of thiophene rings is 1. The number of nitrogens with zero attached hydrogens (tertiary/aromatic N) is 1. The van der Waals surface area contributed by atoms with E-state index in [4.69, 9.17) is 4.74 Å². The van der Waals surface area contributed by atoms with Crippen molar-refractivity contribution in [1.82, 2.24) is 4.90 Å². The molecule has 0 bridgehead atoms. The second-order valence-electron chi connectivity index (χ2n) is 6.49. The smallest absolute Gasteiger partial charge is 0.308 e. The third-order valence-electron chi connectivity index (χ3n) is 4.98. The second-order valence-corrected chi connectivity index (χ2v) is 12.0. The molecule has 10 heteroatoms. The second kappa shape index (κ2) is 6.98. The van der Waals surface area contributed by atoms with Crippen LogP contribution in [0.2, 0.25) is 0 Å². The summed E-state index contributed by atoms with van der Waals surface area (Å²) in [5.41, 5.74) is 0. The van der Waals surface area contributed by atoms with Gasteiger partial charge in [0.05, 0.1) is 29.8 Å². The molecule has 1 aromatic rings. The van der Waals surface area contributed by atoms with E-state index < -0.39 is 31.0 Å². The van der Waals surface area contributed by atoms with Gasteiger partial charge in [0.25, 0.3) is 0 Å². The molecule has 3 heterocycles. The predicted molar refractivity (Wildman–Crippen MR) is 94.0 cm³/mol. The molecule has 2 saturated heterocycles. The van der Waals surface area contributed by atoms with Crippen LogP contribution in [0.25, 0.3) is 0 Å². The van der Waals surface area contributed by atoms with Crippen molar-refractivity contribution < 1.29 is 26.4 Å². The Labute approximate surface area is 151 Å². The molecule has 0 spiro atoms. The van der Waals surface area contributed by atoms with Gasteiger partial charge in [0, 0.05) is 6.04 Å². The summed E-state index contributed by atoms with van der Waals surface area (Å²) in [5, 5.41) is 0.721. The molecule has 140 valence electrons. The molecule has 2 aliphatic rings. The highest BCUT2D eigenvalue weighted by Gasteiger charge is 2.49. The third kappa shape index (κ3) is 3.76. The van der Waals surface area contributed by atoms with Crippen molar-refractivity contribution >= 4 is 37.0 Å². The van der Waals surface area contributed by atoms with Gasteiger partial charge in [0.15, 0.2) is 19.7 Å². The van der Waals surface area contributed by atoms with Gasteiger partial charge in [-0.05, 0) is 37.4 Å². The Hall–Kier alpha value is -0.970. The van der Waals surface area contributed by atoms with Crippen LogP contribution >= 0.6 is 11.3 Å². The van der Waals surface area contributed by atoms with Crippen LogP contribution < -0.4 is 0 Å². The number of likely N-dealkylation sites (tertiary alicyclic amines) is 1. The SMILES string of the molecule is COC(=O)C1CCN(C2CS(=O)(=O)CC2S(=O)(=O)c2cccs2)CC1. The van der Waals surface area contributed by atoms with Crippen molar-refractivity contribution in [3.63, 3.8) is 0 Å². The summed E-state index contributed by atoms with van der Waals surface area (Å²) >= 11 is 1.11. The number of esters is 1. The average Bonchev–Trinajstić information content (AvgIpc) is 3.22. The first-order valence-corrected chi connectivity index (χ1v) is 12.3. The van der Waals surface area contributed by atoms with Crippen LogP contribution in [0.5, 0.6) is 0 Å². The molecule has 0 aliphatic carbocycles. The molecule has 25 heavy (non-hydrogen) atoms. The number of sulfone groups is 2. The van der Waals surface area contributed by atoms with Gasteiger partial charge in [-0.2, -0.15) is 0 Å². The lowest BCUT2D eigenvalue weighted by Gasteiger charge is -2.36. The van der Waals surface area contributed by atoms with E-state index in [0.29, 0.717) is 25.9 Å². The maximum atomic E-state index is 12.9. The molecule has 2 atom stereocenters. The zero-order valence-corrected chi connectivity index (χ0v) is 16.3. The van der Waals surface area contributed by atoms with E-state index in [9.17, 15) is 21.6 Å². The topological polar surface area (TPSA) is 97.8 Å². The fraction of sp³-hybridized carbons (Fsp3) is 0.667. The van der Waals surface area contributed by atoms with Crippen molar-refractivity contribution in [2.45, 2.75) is 28.3 Å². The average molecular weight is 408 g/mol. The fourth-order valence-corrected chi connectivity index (χ4v) is 9.70. The summed E-state index contributed by atoms with van der Waals surface area (Å²) in [6.45, 7) is 0.993. The van der Waals surface area contributed by atoms with E-state index >= 15 is 0 Å². The monoisotopic (exact) mass is 407 g/mol. The minimum atomic E-state index is -3.69. The number of carbonyl (C=O) groups excluding carboxylic acids is 1. The molecule has 2 fully saturated rings. The summed E-state index contributed by atoms with van der Waals surface area (Å²) in [5.74, 6) is -0.951. The van der Waals surface area contributed by atoms with Gasteiger partial charge < -0.3 is 4.74 Å². The van der Waals surface area contributed by atoms with Gasteiger partial charge in [0.1, 0.15) is 4.21 Å². The minimum absolute atomic E-state index is 0.148.